The van der Waals surface area contributed by atoms with Gasteiger partial charge in [0.25, 0.3) is 0 Å². The fraction of sp³-hybridized carbons (Fsp3) is 0.381. The third-order valence-electron chi connectivity index (χ3n) is 4.30. The van der Waals surface area contributed by atoms with Gasteiger partial charge in [-0.2, -0.15) is 0 Å². The minimum absolute atomic E-state index is 0. The highest BCUT2D eigenvalue weighted by Gasteiger charge is 2.05. The Labute approximate surface area is 189 Å². The second-order valence-electron chi connectivity index (χ2n) is 6.50. The number of nitrogens with two attached hydrogens (primary N) is 1. The zero-order valence-electron chi connectivity index (χ0n) is 17.2. The maximum absolute atomic E-state index is 12.9. The van der Waals surface area contributed by atoms with Crippen LogP contribution in [0.4, 0.5) is 4.39 Å². The van der Waals surface area contributed by atoms with Gasteiger partial charge in [0.05, 0.1) is 20.8 Å². The lowest BCUT2D eigenvalue weighted by molar-refractivity contribution is 0.336. The zero-order chi connectivity index (χ0) is 20.4. The van der Waals surface area contributed by atoms with Crippen molar-refractivity contribution < 1.29 is 13.9 Å². The molecule has 2 aromatic rings. The number of benzene rings is 2. The number of ether oxygens (including phenoxy) is 2. The Balaban J connectivity index is 0.00000420. The summed E-state index contributed by atoms with van der Waals surface area (Å²) in [5.41, 5.74) is 8.12. The molecule has 0 saturated heterocycles. The van der Waals surface area contributed by atoms with Crippen LogP contribution in [0, 0.1) is 5.82 Å². The number of rotatable bonds is 10. The van der Waals surface area contributed by atoms with Crippen LogP contribution < -0.4 is 20.5 Å². The molecule has 0 bridgehead atoms. The summed E-state index contributed by atoms with van der Waals surface area (Å²) in [6, 6.07) is 12.4. The smallest absolute Gasteiger partial charge is 0.188 e. The maximum Gasteiger partial charge on any atom is 0.188 e. The van der Waals surface area contributed by atoms with Crippen LogP contribution in [0.25, 0.3) is 0 Å². The van der Waals surface area contributed by atoms with Crippen LogP contribution in [0.2, 0.25) is 0 Å². The third-order valence-corrected chi connectivity index (χ3v) is 4.30. The number of guanidine groups is 1. The van der Waals surface area contributed by atoms with Crippen molar-refractivity contribution in [1.29, 1.82) is 0 Å². The molecular weight excluding hydrogens is 486 g/mol. The van der Waals surface area contributed by atoms with Gasteiger partial charge >= 0.3 is 0 Å². The fourth-order valence-corrected chi connectivity index (χ4v) is 2.75. The van der Waals surface area contributed by atoms with Crippen LogP contribution in [-0.2, 0) is 13.0 Å². The molecule has 0 aliphatic rings. The third kappa shape index (κ3) is 8.86. The molecule has 0 unspecified atom stereocenters. The highest BCUT2D eigenvalue weighted by molar-refractivity contribution is 14.0. The standard InChI is InChI=1S/C21H29FN4O2.HI/c1-26(15-17-4-7-18(22)8-5-17)13-12-25-21(23)24-11-10-16-6-9-19(27-2)20(14-16)28-3;/h4-9,14H,10-13,15H2,1-3H3,(H3,23,24,25);1H. The van der Waals surface area contributed by atoms with Gasteiger partial charge in [-0.05, 0) is 48.9 Å². The van der Waals surface area contributed by atoms with E-state index in [-0.39, 0.29) is 29.8 Å². The lowest BCUT2D eigenvalue weighted by atomic mass is 10.1. The molecule has 0 aromatic heterocycles. The summed E-state index contributed by atoms with van der Waals surface area (Å²) >= 11 is 0. The van der Waals surface area contributed by atoms with E-state index in [1.165, 1.54) is 12.1 Å². The minimum atomic E-state index is -0.220. The van der Waals surface area contributed by atoms with Gasteiger partial charge in [-0.25, -0.2) is 4.39 Å². The first kappa shape index (κ1) is 25.0. The molecule has 0 heterocycles. The molecule has 2 rings (SSSR count). The lowest BCUT2D eigenvalue weighted by Gasteiger charge is -2.15. The summed E-state index contributed by atoms with van der Waals surface area (Å²) in [5.74, 6) is 1.63. The molecule has 3 N–H and O–H groups in total. The predicted molar refractivity (Wildman–Crippen MR) is 126 cm³/mol. The van der Waals surface area contributed by atoms with Crippen LogP contribution in [0.15, 0.2) is 47.5 Å². The van der Waals surface area contributed by atoms with Gasteiger partial charge in [-0.1, -0.05) is 18.2 Å². The number of nitrogens with zero attached hydrogens (tertiary/aromatic N) is 2. The molecule has 6 nitrogen and oxygen atoms in total. The molecule has 160 valence electrons. The first-order chi connectivity index (χ1) is 13.5. The van der Waals surface area contributed by atoms with E-state index in [0.717, 1.165) is 30.6 Å². The summed E-state index contributed by atoms with van der Waals surface area (Å²) in [6.07, 6.45) is 0.793. The number of halogens is 2. The van der Waals surface area contributed by atoms with Crippen molar-refractivity contribution >= 4 is 29.9 Å². The van der Waals surface area contributed by atoms with Crippen molar-refractivity contribution in [2.45, 2.75) is 13.0 Å². The number of nitrogens with one attached hydrogen (secondary N) is 1. The van der Waals surface area contributed by atoms with E-state index >= 15 is 0 Å². The number of hydrogen-bond donors (Lipinski definition) is 2. The van der Waals surface area contributed by atoms with Crippen molar-refractivity contribution in [2.24, 2.45) is 10.7 Å². The Morgan fingerprint density at radius 1 is 1.07 bits per heavy atom. The van der Waals surface area contributed by atoms with E-state index in [4.69, 9.17) is 15.2 Å². The summed E-state index contributed by atoms with van der Waals surface area (Å²) in [5, 5.41) is 3.12. The second kappa shape index (κ2) is 13.2. The average Bonchev–Trinajstić information content (AvgIpc) is 2.69. The van der Waals surface area contributed by atoms with Gasteiger partial charge in [0.1, 0.15) is 5.82 Å². The molecule has 0 aliphatic carbocycles. The van der Waals surface area contributed by atoms with E-state index in [9.17, 15) is 4.39 Å². The fourth-order valence-electron chi connectivity index (χ4n) is 2.75. The first-order valence-corrected chi connectivity index (χ1v) is 9.19. The van der Waals surface area contributed by atoms with Gasteiger partial charge in [-0.15, -0.1) is 24.0 Å². The SMILES string of the molecule is COc1ccc(CCNC(N)=NCCN(C)Cc2ccc(F)cc2)cc1OC.I. The number of hydrogen-bond acceptors (Lipinski definition) is 4. The quantitative estimate of drug-likeness (QED) is 0.289. The molecule has 8 heteroatoms. The summed E-state index contributed by atoms with van der Waals surface area (Å²) in [4.78, 5) is 6.47. The maximum atomic E-state index is 12.9. The first-order valence-electron chi connectivity index (χ1n) is 9.19. The number of aliphatic imine (C=N–C) groups is 1. The predicted octanol–water partition coefficient (Wildman–Crippen LogP) is 3.04. The Morgan fingerprint density at radius 2 is 1.72 bits per heavy atom. The normalized spacial score (nSPS) is 11.1. The molecule has 0 aliphatic heterocycles. The van der Waals surface area contributed by atoms with Gasteiger partial charge in [0.2, 0.25) is 0 Å². The lowest BCUT2D eigenvalue weighted by Crippen LogP contribution is -2.34. The van der Waals surface area contributed by atoms with E-state index in [1.807, 2.05) is 25.2 Å². The molecule has 29 heavy (non-hydrogen) atoms. The molecule has 0 atom stereocenters. The van der Waals surface area contributed by atoms with Gasteiger partial charge in [0, 0.05) is 19.6 Å². The van der Waals surface area contributed by atoms with E-state index in [0.29, 0.717) is 30.5 Å². The van der Waals surface area contributed by atoms with E-state index in [1.54, 1.807) is 26.4 Å². The van der Waals surface area contributed by atoms with Crippen molar-refractivity contribution in [1.82, 2.24) is 10.2 Å². The number of methoxy groups -OCH3 is 2. The Morgan fingerprint density at radius 3 is 2.38 bits per heavy atom. The van der Waals surface area contributed by atoms with E-state index in [2.05, 4.69) is 15.2 Å². The van der Waals surface area contributed by atoms with Crippen LogP contribution >= 0.6 is 24.0 Å². The number of likely N-dealkylation sites (N-methyl/N-ethyl adjacent to an activating group) is 1. The average molecular weight is 516 g/mol. The summed E-state index contributed by atoms with van der Waals surface area (Å²) in [6.45, 7) is 2.76. The molecule has 0 amide bonds. The van der Waals surface area contributed by atoms with Crippen molar-refractivity contribution in [3.05, 3.63) is 59.4 Å². The molecule has 0 saturated carbocycles. The minimum Gasteiger partial charge on any atom is -0.493 e. The molecule has 0 radical (unpaired) electrons. The van der Waals surface area contributed by atoms with Crippen LogP contribution in [0.5, 0.6) is 11.5 Å². The molecule has 2 aromatic carbocycles. The van der Waals surface area contributed by atoms with Crippen molar-refractivity contribution in [3.8, 4) is 11.5 Å². The molecule has 0 spiro atoms. The van der Waals surface area contributed by atoms with Gasteiger partial charge in [-0.3, -0.25) is 4.99 Å². The monoisotopic (exact) mass is 516 g/mol. The largest absolute Gasteiger partial charge is 0.493 e. The highest BCUT2D eigenvalue weighted by atomic mass is 127. The highest BCUT2D eigenvalue weighted by Crippen LogP contribution is 2.27. The Hall–Kier alpha value is -2.07. The van der Waals surface area contributed by atoms with Crippen LogP contribution in [-0.4, -0.2) is 51.8 Å². The Bertz CT molecular complexity index is 772. The topological polar surface area (TPSA) is 72.1 Å². The summed E-state index contributed by atoms with van der Waals surface area (Å²) in [7, 11) is 5.24. The summed E-state index contributed by atoms with van der Waals surface area (Å²) < 4.78 is 23.5. The molecule has 0 fully saturated rings. The van der Waals surface area contributed by atoms with Crippen molar-refractivity contribution in [2.75, 3.05) is 40.9 Å². The van der Waals surface area contributed by atoms with E-state index < -0.39 is 0 Å². The molecular formula is C21H30FIN4O2. The second-order valence-corrected chi connectivity index (χ2v) is 6.50. The van der Waals surface area contributed by atoms with Gasteiger partial charge in [0.15, 0.2) is 17.5 Å². The van der Waals surface area contributed by atoms with Crippen molar-refractivity contribution in [3.63, 3.8) is 0 Å². The van der Waals surface area contributed by atoms with Crippen LogP contribution in [0.1, 0.15) is 11.1 Å². The Kier molecular flexibility index (Phi) is 11.4. The zero-order valence-corrected chi connectivity index (χ0v) is 19.5. The van der Waals surface area contributed by atoms with Gasteiger partial charge < -0.3 is 25.4 Å². The van der Waals surface area contributed by atoms with Crippen LogP contribution in [0.3, 0.4) is 0 Å².